The van der Waals surface area contributed by atoms with E-state index in [4.69, 9.17) is 0 Å². The summed E-state index contributed by atoms with van der Waals surface area (Å²) in [5.41, 5.74) is 1.43. The lowest BCUT2D eigenvalue weighted by molar-refractivity contribution is 0.0940. The van der Waals surface area contributed by atoms with Crippen LogP contribution >= 0.6 is 0 Å². The van der Waals surface area contributed by atoms with Gasteiger partial charge in [-0.05, 0) is 11.6 Å². The Kier molecular flexibility index (Phi) is 3.91. The minimum absolute atomic E-state index is 0.216. The normalized spacial score (nSPS) is 11.9. The number of rotatable bonds is 4. The monoisotopic (exact) mass is 293 g/mol. The molecule has 0 saturated heterocycles. The Labute approximate surface area is 127 Å². The van der Waals surface area contributed by atoms with Crippen LogP contribution < -0.4 is 5.32 Å². The van der Waals surface area contributed by atoms with Crippen molar-refractivity contribution in [3.8, 4) is 0 Å². The maximum Gasteiger partial charge on any atom is 0.253 e. The van der Waals surface area contributed by atoms with Gasteiger partial charge in [0.15, 0.2) is 0 Å². The Morgan fingerprint density at radius 1 is 1.14 bits per heavy atom. The second kappa shape index (κ2) is 6.17. The minimum Gasteiger partial charge on any atom is -0.338 e. The maximum absolute atomic E-state index is 12.4. The molecule has 0 radical (unpaired) electrons. The molecule has 0 spiro atoms. The first kappa shape index (κ1) is 13.9. The molecule has 0 fully saturated rings. The van der Waals surface area contributed by atoms with E-state index in [1.54, 1.807) is 12.3 Å². The molecule has 0 unspecified atom stereocenters. The summed E-state index contributed by atoms with van der Waals surface area (Å²) in [6, 6.07) is 11.0. The van der Waals surface area contributed by atoms with Gasteiger partial charge >= 0.3 is 0 Å². The molecule has 1 N–H and O–H groups in total. The minimum atomic E-state index is -0.332. The van der Waals surface area contributed by atoms with Gasteiger partial charge in [0, 0.05) is 19.4 Å². The predicted octanol–water partition coefficient (Wildman–Crippen LogP) is 1.73. The average molecular weight is 293 g/mol. The molecule has 110 valence electrons. The number of nitrogens with zero attached hydrogens (tertiary/aromatic N) is 4. The van der Waals surface area contributed by atoms with Crippen LogP contribution in [0.5, 0.6) is 0 Å². The van der Waals surface area contributed by atoms with Crippen LogP contribution in [0.3, 0.4) is 0 Å². The first-order chi connectivity index (χ1) is 10.8. The number of aromatic nitrogens is 4. The molecule has 1 amide bonds. The molecule has 3 rings (SSSR count). The Morgan fingerprint density at radius 2 is 1.95 bits per heavy atom. The van der Waals surface area contributed by atoms with Crippen LogP contribution in [0.15, 0.2) is 61.2 Å². The van der Waals surface area contributed by atoms with E-state index in [-0.39, 0.29) is 11.9 Å². The summed E-state index contributed by atoms with van der Waals surface area (Å²) in [7, 11) is 1.90. The lowest BCUT2D eigenvalue weighted by Gasteiger charge is -2.19. The van der Waals surface area contributed by atoms with E-state index < -0.39 is 0 Å². The van der Waals surface area contributed by atoms with Crippen molar-refractivity contribution in [1.82, 2.24) is 25.1 Å². The van der Waals surface area contributed by atoms with Crippen molar-refractivity contribution in [3.05, 3.63) is 78.1 Å². The van der Waals surface area contributed by atoms with Crippen molar-refractivity contribution in [1.29, 1.82) is 0 Å². The number of aryl methyl sites for hydroxylation is 1. The van der Waals surface area contributed by atoms with Gasteiger partial charge in [-0.1, -0.05) is 30.3 Å². The largest absolute Gasteiger partial charge is 0.338 e. The van der Waals surface area contributed by atoms with E-state index in [9.17, 15) is 4.79 Å². The Hall–Kier alpha value is -3.02. The molecule has 0 aliphatic rings. The van der Waals surface area contributed by atoms with E-state index >= 15 is 0 Å². The molecule has 0 bridgehead atoms. The standard InChI is InChI=1S/C16H15N5O/c1-21-10-9-17-15(21)14(12-5-3-2-4-6-12)20-16(22)13-7-8-18-19-11-13/h2-11,14H,1H3,(H,20,22)/t14-/m0/s1. The highest BCUT2D eigenvalue weighted by atomic mass is 16.1. The van der Waals surface area contributed by atoms with Crippen molar-refractivity contribution < 1.29 is 4.79 Å². The van der Waals surface area contributed by atoms with Crippen molar-refractivity contribution in [2.45, 2.75) is 6.04 Å². The van der Waals surface area contributed by atoms with Crippen molar-refractivity contribution in [2.24, 2.45) is 7.05 Å². The molecule has 1 aromatic carbocycles. The number of amides is 1. The third-order valence-corrected chi connectivity index (χ3v) is 3.37. The Balaban J connectivity index is 1.93. The van der Waals surface area contributed by atoms with Gasteiger partial charge in [0.1, 0.15) is 11.9 Å². The highest BCUT2D eigenvalue weighted by Gasteiger charge is 2.21. The smallest absolute Gasteiger partial charge is 0.253 e. The summed E-state index contributed by atoms with van der Waals surface area (Å²) >= 11 is 0. The lowest BCUT2D eigenvalue weighted by Crippen LogP contribution is -2.31. The van der Waals surface area contributed by atoms with Crippen LogP contribution in [0.25, 0.3) is 0 Å². The van der Waals surface area contributed by atoms with E-state index in [1.807, 2.05) is 48.1 Å². The molecule has 0 aliphatic carbocycles. The average Bonchev–Trinajstić information content (AvgIpc) is 3.00. The number of imidazole rings is 1. The molecular weight excluding hydrogens is 278 g/mol. The fourth-order valence-corrected chi connectivity index (χ4v) is 2.24. The van der Waals surface area contributed by atoms with E-state index in [2.05, 4.69) is 20.5 Å². The number of hydrogen-bond acceptors (Lipinski definition) is 4. The van der Waals surface area contributed by atoms with Gasteiger partial charge < -0.3 is 9.88 Å². The molecule has 22 heavy (non-hydrogen) atoms. The molecule has 0 saturated carbocycles. The highest BCUT2D eigenvalue weighted by Crippen LogP contribution is 2.20. The van der Waals surface area contributed by atoms with Crippen LogP contribution in [-0.4, -0.2) is 25.7 Å². The van der Waals surface area contributed by atoms with Crippen molar-refractivity contribution >= 4 is 5.91 Å². The summed E-state index contributed by atoms with van der Waals surface area (Å²) in [5, 5.41) is 10.4. The van der Waals surface area contributed by atoms with Gasteiger partial charge in [0.05, 0.1) is 18.0 Å². The second-order valence-corrected chi connectivity index (χ2v) is 4.84. The first-order valence-corrected chi connectivity index (χ1v) is 6.85. The molecule has 6 heteroatoms. The fourth-order valence-electron chi connectivity index (χ4n) is 2.24. The zero-order valence-electron chi connectivity index (χ0n) is 12.0. The van der Waals surface area contributed by atoms with Crippen LogP contribution in [-0.2, 0) is 7.05 Å². The van der Waals surface area contributed by atoms with Crippen LogP contribution in [0, 0.1) is 0 Å². The van der Waals surface area contributed by atoms with Crippen molar-refractivity contribution in [3.63, 3.8) is 0 Å². The van der Waals surface area contributed by atoms with Gasteiger partial charge in [-0.3, -0.25) is 4.79 Å². The predicted molar refractivity (Wildman–Crippen MR) is 81.0 cm³/mol. The maximum atomic E-state index is 12.4. The molecule has 2 aromatic heterocycles. The SMILES string of the molecule is Cn1ccnc1[C@@H](NC(=O)c1ccnnc1)c1ccccc1. The van der Waals surface area contributed by atoms with Gasteiger partial charge in [-0.15, -0.1) is 0 Å². The van der Waals surface area contributed by atoms with Crippen LogP contribution in [0.1, 0.15) is 27.8 Å². The van der Waals surface area contributed by atoms with E-state index in [1.165, 1.54) is 12.4 Å². The summed E-state index contributed by atoms with van der Waals surface area (Å²) in [6.07, 6.45) is 6.50. The third kappa shape index (κ3) is 2.85. The van der Waals surface area contributed by atoms with Crippen LogP contribution in [0.2, 0.25) is 0 Å². The Bertz CT molecular complexity index is 754. The molecule has 1 atom stereocenters. The third-order valence-electron chi connectivity index (χ3n) is 3.37. The molecule has 6 nitrogen and oxygen atoms in total. The molecule has 0 aliphatic heterocycles. The first-order valence-electron chi connectivity index (χ1n) is 6.85. The van der Waals surface area contributed by atoms with Crippen molar-refractivity contribution in [2.75, 3.05) is 0 Å². The van der Waals surface area contributed by atoms with E-state index in [0.717, 1.165) is 11.4 Å². The lowest BCUT2D eigenvalue weighted by atomic mass is 10.1. The molecule has 2 heterocycles. The fraction of sp³-hybridized carbons (Fsp3) is 0.125. The summed E-state index contributed by atoms with van der Waals surface area (Å²) < 4.78 is 1.89. The van der Waals surface area contributed by atoms with Gasteiger partial charge in [-0.25, -0.2) is 4.98 Å². The highest BCUT2D eigenvalue weighted by molar-refractivity contribution is 5.94. The molecular formula is C16H15N5O. The summed E-state index contributed by atoms with van der Waals surface area (Å²) in [5.74, 6) is 0.549. The number of benzene rings is 1. The number of nitrogens with one attached hydrogen (secondary N) is 1. The number of carbonyl (C=O) groups is 1. The Morgan fingerprint density at radius 3 is 2.59 bits per heavy atom. The number of hydrogen-bond donors (Lipinski definition) is 1. The zero-order chi connectivity index (χ0) is 15.4. The van der Waals surface area contributed by atoms with Gasteiger partial charge in [0.25, 0.3) is 5.91 Å². The quantitative estimate of drug-likeness (QED) is 0.795. The zero-order valence-corrected chi connectivity index (χ0v) is 12.0. The second-order valence-electron chi connectivity index (χ2n) is 4.84. The van der Waals surface area contributed by atoms with Crippen LogP contribution in [0.4, 0.5) is 0 Å². The van der Waals surface area contributed by atoms with Gasteiger partial charge in [0.2, 0.25) is 0 Å². The summed E-state index contributed by atoms with van der Waals surface area (Å²) in [6.45, 7) is 0. The number of carbonyl (C=O) groups excluding carboxylic acids is 1. The van der Waals surface area contributed by atoms with Gasteiger partial charge in [-0.2, -0.15) is 10.2 Å². The van der Waals surface area contributed by atoms with E-state index in [0.29, 0.717) is 5.56 Å². The summed E-state index contributed by atoms with van der Waals surface area (Å²) in [4.78, 5) is 16.8. The topological polar surface area (TPSA) is 72.7 Å². The molecule has 3 aromatic rings.